The van der Waals surface area contributed by atoms with Gasteiger partial charge in [-0.1, -0.05) is 140 Å². The van der Waals surface area contributed by atoms with Gasteiger partial charge in [-0.2, -0.15) is 0 Å². The molecule has 0 bridgehead atoms. The van der Waals surface area contributed by atoms with E-state index in [0.29, 0.717) is 0 Å². The van der Waals surface area contributed by atoms with Crippen molar-refractivity contribution in [3.05, 3.63) is 168 Å². The van der Waals surface area contributed by atoms with E-state index in [1.165, 1.54) is 87.6 Å². The summed E-state index contributed by atoms with van der Waals surface area (Å²) in [4.78, 5) is 0. The third kappa shape index (κ3) is 2.48. The van der Waals surface area contributed by atoms with Crippen molar-refractivity contribution in [2.24, 2.45) is 0 Å². The fourth-order valence-corrected chi connectivity index (χ4v) is 8.32. The smallest absolute Gasteiger partial charge is 0.0619 e. The van der Waals surface area contributed by atoms with Gasteiger partial charge in [0.25, 0.3) is 0 Å². The van der Waals surface area contributed by atoms with E-state index in [4.69, 9.17) is 0 Å². The lowest BCUT2D eigenvalue weighted by Gasteiger charge is -2.30. The minimum atomic E-state index is -0.301. The van der Waals surface area contributed by atoms with Crippen molar-refractivity contribution in [2.75, 3.05) is 0 Å². The number of hydrogen-bond donors (Lipinski definition) is 0. The van der Waals surface area contributed by atoms with E-state index in [0.717, 1.165) is 0 Å². The van der Waals surface area contributed by atoms with E-state index >= 15 is 0 Å². The van der Waals surface area contributed by atoms with Crippen molar-refractivity contribution in [3.63, 3.8) is 0 Å². The van der Waals surface area contributed by atoms with E-state index in [9.17, 15) is 0 Å². The summed E-state index contributed by atoms with van der Waals surface area (Å²) in [5, 5.41) is 10.7. The van der Waals surface area contributed by atoms with E-state index in [1.54, 1.807) is 0 Å². The molecule has 0 atom stereocenters. The maximum atomic E-state index is 2.43. The van der Waals surface area contributed by atoms with E-state index < -0.39 is 0 Å². The molecular weight excluding hydrogens is 492 g/mol. The highest BCUT2D eigenvalue weighted by Gasteiger charge is 2.50. The Bertz CT molecular complexity index is 2370. The molecule has 2 aliphatic rings. The van der Waals surface area contributed by atoms with Crippen LogP contribution in [0.15, 0.2) is 146 Å². The highest BCUT2D eigenvalue weighted by Crippen LogP contribution is 2.63. The molecule has 0 aliphatic heterocycles. The molecule has 0 N–H and O–H groups in total. The van der Waals surface area contributed by atoms with E-state index in [-0.39, 0.29) is 5.41 Å². The van der Waals surface area contributed by atoms with Gasteiger partial charge < -0.3 is 0 Å². The molecule has 8 aromatic rings. The summed E-state index contributed by atoms with van der Waals surface area (Å²) in [6.07, 6.45) is 0. The number of hydrogen-bond acceptors (Lipinski definition) is 0. The van der Waals surface area contributed by atoms with Gasteiger partial charge in [0.2, 0.25) is 0 Å². The third-order valence-corrected chi connectivity index (χ3v) is 9.84. The molecule has 0 nitrogen and oxygen atoms in total. The van der Waals surface area contributed by atoms with Crippen molar-refractivity contribution in [2.45, 2.75) is 5.41 Å². The van der Waals surface area contributed by atoms with Gasteiger partial charge in [0.1, 0.15) is 0 Å². The summed E-state index contributed by atoms with van der Waals surface area (Å²) in [5.41, 5.74) is 10.6. The average Bonchev–Trinajstić information content (AvgIpc) is 3.52. The fraction of sp³-hybridized carbons (Fsp3) is 0.0244. The summed E-state index contributed by atoms with van der Waals surface area (Å²) < 4.78 is 0. The van der Waals surface area contributed by atoms with Crippen LogP contribution in [0.5, 0.6) is 0 Å². The standard InChI is InChI=1S/C41H24/c1-2-12-27-25(10-1)11-7-15-28(27)26-22-23-29-32-16-8-20-37-39(32)40-33(34(29)24-26)17-9-21-38(40)41(37)35-18-5-3-13-30(35)31-14-4-6-19-36(31)41/h1-24H. The zero-order chi connectivity index (χ0) is 26.7. The molecule has 2 aliphatic carbocycles. The predicted octanol–water partition coefficient (Wildman–Crippen LogP) is 10.6. The maximum Gasteiger partial charge on any atom is 0.0725 e. The van der Waals surface area contributed by atoms with Crippen LogP contribution in [-0.4, -0.2) is 0 Å². The molecule has 0 heterocycles. The highest BCUT2D eigenvalue weighted by atomic mass is 14.5. The molecule has 0 saturated heterocycles. The Morgan fingerprint density at radius 1 is 0.317 bits per heavy atom. The lowest BCUT2D eigenvalue weighted by molar-refractivity contribution is 0.797. The Morgan fingerprint density at radius 3 is 1.56 bits per heavy atom. The monoisotopic (exact) mass is 516 g/mol. The minimum Gasteiger partial charge on any atom is -0.0619 e. The number of benzene rings is 8. The van der Waals surface area contributed by atoms with Crippen LogP contribution in [0.3, 0.4) is 0 Å². The first-order valence-corrected chi connectivity index (χ1v) is 14.5. The molecule has 0 saturated carbocycles. The van der Waals surface area contributed by atoms with Gasteiger partial charge in [0.15, 0.2) is 0 Å². The molecule has 8 aromatic carbocycles. The normalized spacial score (nSPS) is 14.0. The second kappa shape index (κ2) is 7.50. The molecule has 1 spiro atoms. The van der Waals surface area contributed by atoms with Gasteiger partial charge in [-0.3, -0.25) is 0 Å². The van der Waals surface area contributed by atoms with Crippen LogP contribution >= 0.6 is 0 Å². The minimum absolute atomic E-state index is 0.301. The third-order valence-electron chi connectivity index (χ3n) is 9.84. The lowest BCUT2D eigenvalue weighted by atomic mass is 9.70. The number of rotatable bonds is 1. The first-order valence-electron chi connectivity index (χ1n) is 14.5. The molecule has 0 aromatic heterocycles. The number of fused-ring (bicyclic) bond motifs is 11. The van der Waals surface area contributed by atoms with Crippen molar-refractivity contribution in [3.8, 4) is 22.3 Å². The molecule has 0 unspecified atom stereocenters. The molecule has 188 valence electrons. The van der Waals surface area contributed by atoms with E-state index in [1.807, 2.05) is 0 Å². The van der Waals surface area contributed by atoms with E-state index in [2.05, 4.69) is 146 Å². The van der Waals surface area contributed by atoms with Gasteiger partial charge >= 0.3 is 0 Å². The summed E-state index contributed by atoms with van der Waals surface area (Å²) in [6.45, 7) is 0. The van der Waals surface area contributed by atoms with Gasteiger partial charge in [-0.05, 0) is 93.7 Å². The van der Waals surface area contributed by atoms with Crippen LogP contribution in [0, 0.1) is 0 Å². The van der Waals surface area contributed by atoms with Crippen LogP contribution in [0.2, 0.25) is 0 Å². The summed E-state index contributed by atoms with van der Waals surface area (Å²) in [5.74, 6) is 0. The second-order valence-electron chi connectivity index (χ2n) is 11.6. The highest BCUT2D eigenvalue weighted by molar-refractivity contribution is 6.30. The summed E-state index contributed by atoms with van der Waals surface area (Å²) in [7, 11) is 0. The molecular formula is C41H24. The Balaban J connectivity index is 1.37. The van der Waals surface area contributed by atoms with Crippen LogP contribution in [0.25, 0.3) is 65.3 Å². The van der Waals surface area contributed by atoms with Crippen molar-refractivity contribution in [1.82, 2.24) is 0 Å². The SMILES string of the molecule is c1ccc2c(c1)-c1ccccc1C21c2cccc3c4ccc(-c5cccc6ccccc56)cc4c4cccc1c4c23. The van der Waals surface area contributed by atoms with Crippen molar-refractivity contribution >= 4 is 43.1 Å². The summed E-state index contributed by atoms with van der Waals surface area (Å²) in [6, 6.07) is 54.6. The zero-order valence-corrected chi connectivity index (χ0v) is 22.4. The van der Waals surface area contributed by atoms with Gasteiger partial charge in [0.05, 0.1) is 5.41 Å². The topological polar surface area (TPSA) is 0 Å². The summed E-state index contributed by atoms with van der Waals surface area (Å²) >= 11 is 0. The first kappa shape index (κ1) is 21.6. The second-order valence-corrected chi connectivity index (χ2v) is 11.6. The van der Waals surface area contributed by atoms with Crippen LogP contribution < -0.4 is 0 Å². The van der Waals surface area contributed by atoms with Gasteiger partial charge in [0, 0.05) is 0 Å². The molecule has 41 heavy (non-hydrogen) atoms. The van der Waals surface area contributed by atoms with Crippen molar-refractivity contribution < 1.29 is 0 Å². The largest absolute Gasteiger partial charge is 0.0725 e. The predicted molar refractivity (Wildman–Crippen MR) is 173 cm³/mol. The quantitative estimate of drug-likeness (QED) is 0.190. The lowest BCUT2D eigenvalue weighted by Crippen LogP contribution is -2.25. The molecule has 0 heteroatoms. The average molecular weight is 517 g/mol. The molecule has 0 fully saturated rings. The Morgan fingerprint density at radius 2 is 0.829 bits per heavy atom. The van der Waals surface area contributed by atoms with Crippen LogP contribution in [0.1, 0.15) is 22.3 Å². The van der Waals surface area contributed by atoms with Crippen LogP contribution in [-0.2, 0) is 5.41 Å². The Kier molecular flexibility index (Phi) is 3.95. The Hall–Kier alpha value is -5.20. The maximum absolute atomic E-state index is 2.43. The Labute approximate surface area is 238 Å². The molecule has 0 amide bonds. The first-order chi connectivity index (χ1) is 20.4. The van der Waals surface area contributed by atoms with Gasteiger partial charge in [-0.15, -0.1) is 0 Å². The van der Waals surface area contributed by atoms with Crippen molar-refractivity contribution in [1.29, 1.82) is 0 Å². The van der Waals surface area contributed by atoms with Crippen LogP contribution in [0.4, 0.5) is 0 Å². The van der Waals surface area contributed by atoms with Gasteiger partial charge in [-0.25, -0.2) is 0 Å². The zero-order valence-electron chi connectivity index (χ0n) is 22.4. The molecule has 10 rings (SSSR count). The molecule has 0 radical (unpaired) electrons. The fourth-order valence-electron chi connectivity index (χ4n) is 8.32.